The zero-order valence-corrected chi connectivity index (χ0v) is 9.48. The molecule has 94 valence electrons. The van der Waals surface area contributed by atoms with Gasteiger partial charge in [-0.15, -0.1) is 0 Å². The van der Waals surface area contributed by atoms with Crippen LogP contribution in [-0.4, -0.2) is 50.7 Å². The Morgan fingerprint density at radius 1 is 1.44 bits per heavy atom. The molecule has 2 fully saturated rings. The van der Waals surface area contributed by atoms with Gasteiger partial charge in [-0.1, -0.05) is 0 Å². The molecular formula is C11H12N4O3. The lowest BCUT2D eigenvalue weighted by Gasteiger charge is -2.27. The monoisotopic (exact) mass is 248 g/mol. The van der Waals surface area contributed by atoms with Gasteiger partial charge in [0, 0.05) is 31.0 Å². The standard InChI is InChI=1S/C11H12N4O3/c16-10(13-7-1-3-12-4-2-7)9-5-8-6-14(9)11(17)15(8)18/h1-4,8-9,18H,5-6H2,(H,12,13,16)/t8-,9+/m1/s1. The molecule has 2 bridgehead atoms. The van der Waals surface area contributed by atoms with E-state index in [1.807, 2.05) is 0 Å². The molecule has 2 aliphatic heterocycles. The van der Waals surface area contributed by atoms with E-state index in [4.69, 9.17) is 0 Å². The van der Waals surface area contributed by atoms with Gasteiger partial charge in [0.2, 0.25) is 5.91 Å². The summed E-state index contributed by atoms with van der Waals surface area (Å²) >= 11 is 0. The normalized spacial score (nSPS) is 25.7. The van der Waals surface area contributed by atoms with Crippen LogP contribution < -0.4 is 5.32 Å². The Labute approximate surface area is 103 Å². The summed E-state index contributed by atoms with van der Waals surface area (Å²) in [5, 5.41) is 12.8. The Bertz CT molecular complexity index is 492. The molecule has 3 amide bonds. The molecule has 1 aromatic rings. The van der Waals surface area contributed by atoms with E-state index < -0.39 is 12.1 Å². The molecule has 2 N–H and O–H groups in total. The van der Waals surface area contributed by atoms with Crippen LogP contribution in [0, 0.1) is 0 Å². The van der Waals surface area contributed by atoms with Crippen LogP contribution in [0.4, 0.5) is 10.5 Å². The topological polar surface area (TPSA) is 85.8 Å². The third-order valence-corrected chi connectivity index (χ3v) is 3.32. The summed E-state index contributed by atoms with van der Waals surface area (Å²) in [7, 11) is 0. The van der Waals surface area contributed by atoms with Crippen molar-refractivity contribution in [1.82, 2.24) is 14.9 Å². The molecular weight excluding hydrogens is 236 g/mol. The molecule has 2 aliphatic rings. The molecule has 1 aromatic heterocycles. The summed E-state index contributed by atoms with van der Waals surface area (Å²) in [6, 6.07) is 2.09. The molecule has 0 spiro atoms. The fourth-order valence-corrected chi connectivity index (χ4v) is 2.40. The van der Waals surface area contributed by atoms with Gasteiger partial charge in [-0.2, -0.15) is 0 Å². The fraction of sp³-hybridized carbons (Fsp3) is 0.364. The molecule has 3 rings (SSSR count). The first-order chi connectivity index (χ1) is 8.66. The van der Waals surface area contributed by atoms with Crippen LogP contribution in [0.2, 0.25) is 0 Å². The van der Waals surface area contributed by atoms with Crippen molar-refractivity contribution in [2.24, 2.45) is 0 Å². The first-order valence-corrected chi connectivity index (χ1v) is 5.66. The number of hydroxylamine groups is 2. The highest BCUT2D eigenvalue weighted by Crippen LogP contribution is 2.30. The largest absolute Gasteiger partial charge is 0.344 e. The zero-order valence-electron chi connectivity index (χ0n) is 9.48. The number of carbonyl (C=O) groups is 2. The minimum Gasteiger partial charge on any atom is -0.324 e. The number of hydrogen-bond acceptors (Lipinski definition) is 4. The van der Waals surface area contributed by atoms with Crippen molar-refractivity contribution in [2.75, 3.05) is 11.9 Å². The van der Waals surface area contributed by atoms with Gasteiger partial charge in [0.1, 0.15) is 6.04 Å². The van der Waals surface area contributed by atoms with Gasteiger partial charge in [-0.05, 0) is 12.1 Å². The van der Waals surface area contributed by atoms with Gasteiger partial charge < -0.3 is 10.2 Å². The Kier molecular flexibility index (Phi) is 2.41. The first kappa shape index (κ1) is 11.0. The summed E-state index contributed by atoms with van der Waals surface area (Å²) in [5.41, 5.74) is 0.646. The predicted molar refractivity (Wildman–Crippen MR) is 60.8 cm³/mol. The van der Waals surface area contributed by atoms with E-state index in [9.17, 15) is 14.8 Å². The fourth-order valence-electron chi connectivity index (χ4n) is 2.40. The van der Waals surface area contributed by atoms with Crippen LogP contribution in [-0.2, 0) is 4.79 Å². The lowest BCUT2D eigenvalue weighted by molar-refractivity contribution is -0.122. The summed E-state index contributed by atoms with van der Waals surface area (Å²) in [4.78, 5) is 28.8. The van der Waals surface area contributed by atoms with Crippen molar-refractivity contribution in [3.8, 4) is 0 Å². The summed E-state index contributed by atoms with van der Waals surface area (Å²) in [5.74, 6) is -0.231. The van der Waals surface area contributed by atoms with Crippen molar-refractivity contribution < 1.29 is 14.8 Å². The maximum absolute atomic E-state index is 12.0. The predicted octanol–water partition coefficient (Wildman–Crippen LogP) is 0.288. The number of rotatable bonds is 2. The molecule has 0 saturated carbocycles. The van der Waals surface area contributed by atoms with E-state index in [0.717, 1.165) is 0 Å². The SMILES string of the molecule is O=C(Nc1ccncc1)[C@@H]1C[C@@H]2CN1C(=O)N2O. The highest BCUT2D eigenvalue weighted by atomic mass is 16.5. The number of urea groups is 1. The second-order valence-corrected chi connectivity index (χ2v) is 4.41. The zero-order chi connectivity index (χ0) is 12.7. The van der Waals surface area contributed by atoms with Crippen LogP contribution >= 0.6 is 0 Å². The lowest BCUT2D eigenvalue weighted by Crippen LogP contribution is -2.48. The van der Waals surface area contributed by atoms with E-state index in [1.165, 1.54) is 4.90 Å². The molecule has 0 radical (unpaired) electrons. The summed E-state index contributed by atoms with van der Waals surface area (Å²) in [6.07, 6.45) is 3.62. The molecule has 0 aliphatic carbocycles. The van der Waals surface area contributed by atoms with E-state index in [-0.39, 0.29) is 11.9 Å². The van der Waals surface area contributed by atoms with Crippen LogP contribution in [0.5, 0.6) is 0 Å². The maximum atomic E-state index is 12.0. The molecule has 0 aromatic carbocycles. The van der Waals surface area contributed by atoms with E-state index in [0.29, 0.717) is 23.7 Å². The van der Waals surface area contributed by atoms with Gasteiger partial charge >= 0.3 is 6.03 Å². The second-order valence-electron chi connectivity index (χ2n) is 4.41. The van der Waals surface area contributed by atoms with Gasteiger partial charge in [0.15, 0.2) is 0 Å². The van der Waals surface area contributed by atoms with Crippen molar-refractivity contribution in [3.05, 3.63) is 24.5 Å². The smallest absolute Gasteiger partial charge is 0.324 e. The number of nitrogens with one attached hydrogen (secondary N) is 1. The number of hydrogen-bond donors (Lipinski definition) is 2. The average molecular weight is 248 g/mol. The third kappa shape index (κ3) is 1.60. The molecule has 2 atom stereocenters. The Morgan fingerprint density at radius 2 is 2.17 bits per heavy atom. The molecule has 0 unspecified atom stereocenters. The number of nitrogens with zero attached hydrogens (tertiary/aromatic N) is 3. The Balaban J connectivity index is 1.70. The van der Waals surface area contributed by atoms with Gasteiger partial charge in [-0.25, -0.2) is 9.86 Å². The molecule has 7 heteroatoms. The van der Waals surface area contributed by atoms with Crippen LogP contribution in [0.1, 0.15) is 6.42 Å². The van der Waals surface area contributed by atoms with Crippen molar-refractivity contribution in [3.63, 3.8) is 0 Å². The number of anilines is 1. The molecule has 7 nitrogen and oxygen atoms in total. The number of carbonyl (C=O) groups excluding carboxylic acids is 2. The van der Waals surface area contributed by atoms with Gasteiger partial charge in [-0.3, -0.25) is 15.0 Å². The van der Waals surface area contributed by atoms with Crippen molar-refractivity contribution in [2.45, 2.75) is 18.5 Å². The van der Waals surface area contributed by atoms with Crippen LogP contribution in [0.25, 0.3) is 0 Å². The van der Waals surface area contributed by atoms with Gasteiger partial charge in [0.25, 0.3) is 0 Å². The quantitative estimate of drug-likeness (QED) is 0.736. The third-order valence-electron chi connectivity index (χ3n) is 3.32. The molecule has 3 heterocycles. The number of fused-ring (bicyclic) bond motifs is 2. The number of aromatic nitrogens is 1. The number of amides is 3. The Hall–Kier alpha value is -2.15. The lowest BCUT2D eigenvalue weighted by atomic mass is 10.1. The highest BCUT2D eigenvalue weighted by Gasteiger charge is 2.50. The minimum atomic E-state index is -0.501. The first-order valence-electron chi connectivity index (χ1n) is 5.66. The van der Waals surface area contributed by atoms with Crippen LogP contribution in [0.3, 0.4) is 0 Å². The van der Waals surface area contributed by atoms with Crippen LogP contribution in [0.15, 0.2) is 24.5 Å². The Morgan fingerprint density at radius 3 is 2.78 bits per heavy atom. The molecule has 2 saturated heterocycles. The summed E-state index contributed by atoms with van der Waals surface area (Å²) in [6.45, 7) is 0.407. The van der Waals surface area contributed by atoms with Gasteiger partial charge in [0.05, 0.1) is 6.04 Å². The second kappa shape index (κ2) is 3.95. The minimum absolute atomic E-state index is 0.231. The van der Waals surface area contributed by atoms with Crippen molar-refractivity contribution in [1.29, 1.82) is 0 Å². The van der Waals surface area contributed by atoms with E-state index in [2.05, 4.69) is 10.3 Å². The maximum Gasteiger partial charge on any atom is 0.344 e. The van der Waals surface area contributed by atoms with Crippen molar-refractivity contribution >= 4 is 17.6 Å². The van der Waals surface area contributed by atoms with E-state index >= 15 is 0 Å². The number of pyridine rings is 1. The highest BCUT2D eigenvalue weighted by molar-refractivity contribution is 5.98. The molecule has 18 heavy (non-hydrogen) atoms. The van der Waals surface area contributed by atoms with E-state index in [1.54, 1.807) is 24.5 Å². The summed E-state index contributed by atoms with van der Waals surface area (Å²) < 4.78 is 0. The average Bonchev–Trinajstić information content (AvgIpc) is 2.92.